The predicted octanol–water partition coefficient (Wildman–Crippen LogP) is 5.59. The molecule has 10 aliphatic heterocycles. The molecule has 10 fully saturated rings. The molecular formula is C22H18Fe. The van der Waals surface area contributed by atoms with Gasteiger partial charge in [-0.3, -0.25) is 0 Å². The summed E-state index contributed by atoms with van der Waals surface area (Å²) in [5, 5.41) is 0. The number of fused-ring (bicyclic) bond motifs is 10. The average Bonchev–Trinajstić information content (AvgIpc) is 3.56. The van der Waals surface area contributed by atoms with Crippen LogP contribution in [0.1, 0.15) is 11.1 Å². The first-order chi connectivity index (χ1) is 11.1. The summed E-state index contributed by atoms with van der Waals surface area (Å²) in [6.45, 7) is -3.34. The molecule has 0 aliphatic carbocycles. The van der Waals surface area contributed by atoms with Crippen LogP contribution < -0.4 is 0 Å². The van der Waals surface area contributed by atoms with Crippen LogP contribution in [0.15, 0.2) is 60.7 Å². The number of benzene rings is 2. The molecule has 0 bridgehead atoms. The molecule has 4 unspecified atom stereocenters. The van der Waals surface area contributed by atoms with Crippen molar-refractivity contribution < 1.29 is 6.51 Å². The standard InChI is InChI=1S/C17H13.C5H5.Fe/c1-3-7-14(8-4-1)16-11-12-17(13-16)15-9-5-2-6-10-15;1-2-4-5-3-1;/h1-13H;1-5H;. The van der Waals surface area contributed by atoms with Crippen molar-refractivity contribution >= 4 is 0 Å². The van der Waals surface area contributed by atoms with Crippen LogP contribution in [-0.2, 0) is 15.1 Å². The fourth-order valence-electron chi connectivity index (χ4n) is 19.5. The van der Waals surface area contributed by atoms with E-state index in [0.717, 1.165) is 8.63 Å². The molecule has 2 aromatic carbocycles. The molecule has 0 amide bonds. The van der Waals surface area contributed by atoms with Crippen molar-refractivity contribution in [3.05, 3.63) is 71.8 Å². The molecule has 4 atom stereocenters. The first-order valence-electron chi connectivity index (χ1n) is 9.46. The Kier molecular flexibility index (Phi) is 0.350. The summed E-state index contributed by atoms with van der Waals surface area (Å²) < 4.78 is 1.71. The fraction of sp³-hybridized carbons (Fsp3) is 0.455. The molecule has 0 radical (unpaired) electrons. The van der Waals surface area contributed by atoms with Crippen LogP contribution in [-0.4, -0.2) is 0 Å². The second-order valence-electron chi connectivity index (χ2n) is 12.5. The summed E-state index contributed by atoms with van der Waals surface area (Å²) in [7, 11) is 0. The van der Waals surface area contributed by atoms with Crippen molar-refractivity contribution in [1.29, 1.82) is 0 Å². The first-order valence-corrected chi connectivity index (χ1v) is 15.7. The normalized spacial score (nSPS) is 94.1. The monoisotopic (exact) mass is 338 g/mol. The van der Waals surface area contributed by atoms with Gasteiger partial charge in [0.25, 0.3) is 0 Å². The van der Waals surface area contributed by atoms with Gasteiger partial charge >= 0.3 is 125 Å². The molecule has 0 N–H and O–H groups in total. The van der Waals surface area contributed by atoms with E-state index >= 15 is 0 Å². The van der Waals surface area contributed by atoms with E-state index in [1.165, 1.54) is 38.5 Å². The van der Waals surface area contributed by atoms with Gasteiger partial charge in [0.2, 0.25) is 0 Å². The summed E-state index contributed by atoms with van der Waals surface area (Å²) in [4.78, 5) is 10.7. The van der Waals surface area contributed by atoms with E-state index < -0.39 is 6.51 Å². The van der Waals surface area contributed by atoms with Crippen LogP contribution in [0.2, 0.25) is 38.5 Å². The Morgan fingerprint density at radius 2 is 0.957 bits per heavy atom. The molecular weight excluding hydrogens is 320 g/mol. The third kappa shape index (κ3) is 0.118. The maximum absolute atomic E-state index is 3.34. The van der Waals surface area contributed by atoms with Gasteiger partial charge in [0, 0.05) is 0 Å². The molecule has 23 heavy (non-hydrogen) atoms. The van der Waals surface area contributed by atoms with Crippen molar-refractivity contribution in [2.24, 2.45) is 0 Å². The van der Waals surface area contributed by atoms with Crippen molar-refractivity contribution in [3.8, 4) is 0 Å². The third-order valence-corrected chi connectivity index (χ3v) is 60.0. The molecule has 1 spiro atoms. The quantitative estimate of drug-likeness (QED) is 0.626. The minimum absolute atomic E-state index is 0.853. The average molecular weight is 338 g/mol. The molecule has 10 aliphatic rings. The number of hydrogen-bond acceptors (Lipinski definition) is 0. The third-order valence-electron chi connectivity index (χ3n) is 17.2. The number of hydrogen-bond donors (Lipinski definition) is 0. The zero-order chi connectivity index (χ0) is 14.2. The van der Waals surface area contributed by atoms with Gasteiger partial charge in [0.1, 0.15) is 0 Å². The second kappa shape index (κ2) is 0.907. The van der Waals surface area contributed by atoms with E-state index in [2.05, 4.69) is 60.7 Å². The van der Waals surface area contributed by atoms with Crippen LogP contribution in [0.5, 0.6) is 0 Å². The molecule has 2 aromatic rings. The van der Waals surface area contributed by atoms with Gasteiger partial charge in [0.15, 0.2) is 0 Å². The van der Waals surface area contributed by atoms with Gasteiger partial charge in [-0.2, -0.15) is 0 Å². The SMILES string of the molecule is c1ccc([C]23[CH]4[CH]5[C]6(c7ccccc7)[CH]2[Fe]45362789[CH]3[CH]2[CH]7[CH]8[CH]39)cc1. The molecule has 0 saturated carbocycles. The van der Waals surface area contributed by atoms with E-state index in [9.17, 15) is 0 Å². The van der Waals surface area contributed by atoms with Crippen LogP contribution in [0.4, 0.5) is 0 Å². The Balaban J connectivity index is 1.42. The van der Waals surface area contributed by atoms with E-state index in [4.69, 9.17) is 0 Å². The first kappa shape index (κ1) is 8.88. The van der Waals surface area contributed by atoms with Gasteiger partial charge in [0.05, 0.1) is 0 Å². The van der Waals surface area contributed by atoms with Crippen LogP contribution >= 0.6 is 0 Å². The minimum atomic E-state index is -3.34. The zero-order valence-electron chi connectivity index (χ0n) is 12.7. The summed E-state index contributed by atoms with van der Waals surface area (Å²) in [5.41, 5.74) is 3.70. The van der Waals surface area contributed by atoms with Crippen LogP contribution in [0.25, 0.3) is 0 Å². The predicted molar refractivity (Wildman–Crippen MR) is 86.2 cm³/mol. The molecule has 10 saturated heterocycles. The molecule has 1 heteroatoms. The van der Waals surface area contributed by atoms with Crippen LogP contribution in [0.3, 0.4) is 0 Å². The summed E-state index contributed by atoms with van der Waals surface area (Å²) in [6.07, 6.45) is 0. The maximum atomic E-state index is 2.56. The van der Waals surface area contributed by atoms with Crippen molar-refractivity contribution in [1.82, 2.24) is 0 Å². The van der Waals surface area contributed by atoms with Crippen molar-refractivity contribution in [2.45, 2.75) is 47.2 Å². The van der Waals surface area contributed by atoms with E-state index in [1.54, 1.807) is 0 Å². The fourth-order valence-corrected chi connectivity index (χ4v) is 95.8. The molecule has 0 aromatic heterocycles. The second-order valence-corrected chi connectivity index (χ2v) is 35.7. The van der Waals surface area contributed by atoms with Gasteiger partial charge < -0.3 is 0 Å². The van der Waals surface area contributed by atoms with E-state index in [-0.39, 0.29) is 0 Å². The van der Waals surface area contributed by atoms with Gasteiger partial charge in [-0.1, -0.05) is 0 Å². The van der Waals surface area contributed by atoms with E-state index in [1.807, 2.05) is 11.1 Å². The molecule has 10 heterocycles. The van der Waals surface area contributed by atoms with Crippen LogP contribution in [0, 0.1) is 0 Å². The summed E-state index contributed by atoms with van der Waals surface area (Å²) in [6, 6.07) is 24.1. The Morgan fingerprint density at radius 1 is 0.565 bits per heavy atom. The number of rotatable bonds is 2. The van der Waals surface area contributed by atoms with E-state index in [0.29, 0.717) is 0 Å². The summed E-state index contributed by atoms with van der Waals surface area (Å²) >= 11 is 0. The zero-order valence-corrected chi connectivity index (χ0v) is 13.9. The Hall–Kier alpha value is -1.04. The molecule has 114 valence electrons. The molecule has 0 nitrogen and oxygen atoms in total. The topological polar surface area (TPSA) is 0 Å². The van der Waals surface area contributed by atoms with Gasteiger partial charge in [-0.25, -0.2) is 0 Å². The van der Waals surface area contributed by atoms with Gasteiger partial charge in [-0.15, -0.1) is 0 Å². The summed E-state index contributed by atoms with van der Waals surface area (Å²) in [5.74, 6) is 0. The van der Waals surface area contributed by atoms with Gasteiger partial charge in [-0.05, 0) is 0 Å². The Labute approximate surface area is 125 Å². The Morgan fingerprint density at radius 3 is 1.26 bits per heavy atom. The van der Waals surface area contributed by atoms with Crippen molar-refractivity contribution in [3.63, 3.8) is 0 Å². The van der Waals surface area contributed by atoms with Crippen molar-refractivity contribution in [2.75, 3.05) is 0 Å². The Bertz CT molecular complexity index is 1360. The molecule has 12 rings (SSSR count).